The normalized spacial score (nSPS) is 40.1. The van der Waals surface area contributed by atoms with Crippen molar-refractivity contribution in [3.63, 3.8) is 0 Å². The Bertz CT molecular complexity index is 2800. The van der Waals surface area contributed by atoms with E-state index in [2.05, 4.69) is 10.6 Å². The number of esters is 1. The van der Waals surface area contributed by atoms with Crippen LogP contribution in [-0.4, -0.2) is 235 Å². The van der Waals surface area contributed by atoms with E-state index in [0.717, 1.165) is 19.1 Å². The lowest BCUT2D eigenvalue weighted by Gasteiger charge is -2.45. The van der Waals surface area contributed by atoms with E-state index in [9.17, 15) is 101 Å². The molecule has 0 radical (unpaired) electrons. The third kappa shape index (κ3) is 23.8. The summed E-state index contributed by atoms with van der Waals surface area (Å²) in [5.41, 5.74) is -0.698. The van der Waals surface area contributed by atoms with Crippen LogP contribution in [0.3, 0.4) is 0 Å². The van der Waals surface area contributed by atoms with Crippen molar-refractivity contribution in [1.29, 1.82) is 0 Å². The molecule has 0 spiro atoms. The number of amides is 2. The molecular formula is C63H91N3O27. The van der Waals surface area contributed by atoms with Crippen LogP contribution in [0.2, 0.25) is 0 Å². The minimum Gasteiger partial charge on any atom is -0.481 e. The zero-order valence-corrected chi connectivity index (χ0v) is 52.2. The smallest absolute Gasteiger partial charge is 0.407 e. The molecule has 4 aliphatic heterocycles. The summed E-state index contributed by atoms with van der Waals surface area (Å²) in [6.07, 6.45) is -8.69. The predicted molar refractivity (Wildman–Crippen MR) is 325 cm³/mol. The molecular weight excluding hydrogens is 1230 g/mol. The molecule has 3 fully saturated rings. The summed E-state index contributed by atoms with van der Waals surface area (Å²) >= 11 is 0. The molecule has 0 aliphatic carbocycles. The van der Waals surface area contributed by atoms with Gasteiger partial charge < -0.3 is 115 Å². The van der Waals surface area contributed by atoms with Gasteiger partial charge in [0.05, 0.1) is 85.0 Å². The molecule has 3 saturated heterocycles. The number of hydrogen-bond donors (Lipinski definition) is 16. The standard InChI is InChI=1S/C63H91N3O27/c1-33-18-16-14-12-10-8-6-7-9-11-13-15-17-19-42(28-48-51(59(81)82)46(74)30-63(84,93-48)29-41(71)26-45(73)44(72)22-21-39(69)25-40(70)27-50(75)88-35(3)34(2)54(33)76)90-61-58(80)52(55(77)36(4)89-61)65-62(83)87-32-38-20-23-47(43(24-38)66(85)86)91-60-53(64-37(5)68)57(79)56(78)49(31-67)92-60/h6-20,23-24,33-36,39-42,44-46,48-49,51-58,60-61,67,69-74,76-80,84H,21-22,25-32H2,1-5H3,(H,64,68)(H,65,83)(H,81,82)/b7-6+,10-8+,11-9+,14-12+,15-13+,18-16+,19-17+/t33-,34-,35-,36+,39+,40+,41-,42-,44+,45+,46-,48?,49?,51+,52-,53?,54+,55+,56+,57?,58-,60+,61-,63+/m0/s1. The van der Waals surface area contributed by atoms with Gasteiger partial charge in [-0.2, -0.15) is 0 Å². The number of hydrogen-bond acceptors (Lipinski definition) is 26. The molecule has 4 heterocycles. The zero-order valence-electron chi connectivity index (χ0n) is 52.2. The topological polar surface area (TPSA) is 483 Å². The summed E-state index contributed by atoms with van der Waals surface area (Å²) in [7, 11) is 0. The van der Waals surface area contributed by atoms with Crippen LogP contribution in [0.15, 0.2) is 103 Å². The maximum absolute atomic E-state index is 13.4. The van der Waals surface area contributed by atoms with E-state index in [-0.39, 0.29) is 30.7 Å². The van der Waals surface area contributed by atoms with E-state index >= 15 is 0 Å². The van der Waals surface area contributed by atoms with E-state index in [0.29, 0.717) is 0 Å². The van der Waals surface area contributed by atoms with Crippen LogP contribution in [0.1, 0.15) is 91.5 Å². The summed E-state index contributed by atoms with van der Waals surface area (Å²) in [6, 6.07) is 0.231. The number of nitro groups is 1. The van der Waals surface area contributed by atoms with Crippen LogP contribution in [0.5, 0.6) is 5.75 Å². The van der Waals surface area contributed by atoms with Crippen LogP contribution < -0.4 is 15.4 Å². The van der Waals surface area contributed by atoms with E-state index < -0.39 is 226 Å². The maximum atomic E-state index is 13.4. The van der Waals surface area contributed by atoms with Crippen molar-refractivity contribution in [3.05, 3.63) is 119 Å². The molecule has 5 rings (SSSR count). The average Bonchev–Trinajstić information content (AvgIpc) is 0.871. The monoisotopic (exact) mass is 1320 g/mol. The number of allylic oxidation sites excluding steroid dienone is 12. The van der Waals surface area contributed by atoms with Crippen molar-refractivity contribution in [3.8, 4) is 5.75 Å². The number of nitrogens with one attached hydrogen (secondary N) is 2. The molecule has 24 atom stereocenters. The highest BCUT2D eigenvalue weighted by Crippen LogP contribution is 2.39. The number of alkyl carbamates (subject to hydrolysis) is 1. The first-order valence-corrected chi connectivity index (χ1v) is 30.6. The molecule has 93 heavy (non-hydrogen) atoms. The van der Waals surface area contributed by atoms with Crippen molar-refractivity contribution in [1.82, 2.24) is 10.6 Å². The summed E-state index contributed by atoms with van der Waals surface area (Å²) in [4.78, 5) is 62.3. The fourth-order valence-corrected chi connectivity index (χ4v) is 11.0. The number of carboxylic acid groups (broad SMARTS) is 1. The van der Waals surface area contributed by atoms with Crippen LogP contribution in [0.25, 0.3) is 0 Å². The number of rotatable bonds is 11. The van der Waals surface area contributed by atoms with Gasteiger partial charge in [-0.3, -0.25) is 24.5 Å². The molecule has 0 aromatic heterocycles. The lowest BCUT2D eigenvalue weighted by molar-refractivity contribution is -0.386. The third-order valence-corrected chi connectivity index (χ3v) is 16.3. The predicted octanol–water partition coefficient (Wildman–Crippen LogP) is -0.0899. The Morgan fingerprint density at radius 3 is 1.90 bits per heavy atom. The lowest BCUT2D eigenvalue weighted by Crippen LogP contribution is -2.65. The van der Waals surface area contributed by atoms with Gasteiger partial charge in [0.1, 0.15) is 55.2 Å². The first kappa shape index (κ1) is 77.3. The first-order valence-electron chi connectivity index (χ1n) is 30.6. The van der Waals surface area contributed by atoms with E-state index in [1.54, 1.807) is 93.7 Å². The Morgan fingerprint density at radius 2 is 1.30 bits per heavy atom. The molecule has 2 amide bonds. The number of aliphatic carboxylic acids is 1. The van der Waals surface area contributed by atoms with Crippen molar-refractivity contribution >= 4 is 29.6 Å². The van der Waals surface area contributed by atoms with Crippen molar-refractivity contribution in [2.45, 2.75) is 221 Å². The number of ether oxygens (including phenoxy) is 7. The number of fused-ring (bicyclic) bond motifs is 2. The first-order chi connectivity index (χ1) is 43.9. The highest BCUT2D eigenvalue weighted by atomic mass is 16.7. The second-order valence-corrected chi connectivity index (χ2v) is 23.8. The van der Waals surface area contributed by atoms with Gasteiger partial charge in [-0.05, 0) is 44.7 Å². The number of carboxylic acids is 1. The number of carbonyl (C=O) groups is 4. The van der Waals surface area contributed by atoms with E-state index in [1.807, 2.05) is 0 Å². The molecule has 520 valence electrons. The van der Waals surface area contributed by atoms with Crippen LogP contribution in [0.4, 0.5) is 10.5 Å². The van der Waals surface area contributed by atoms with Gasteiger partial charge >= 0.3 is 23.7 Å². The SMILES string of the molecule is CC(=O)NC1C(O)[C@H](O)C(CO)O[C@H]1Oc1ccc(COC(=O)N[C@@H]2[C@H](O)[C@H](O[C@H]3/C=C/C=C/C=C/C=C/C=C/C=C/C=C/[C@H](C)[C@@H](O)[C@@H](C)[C@H](C)OC(=O)C[C@H](O)C[C@H](O)CC[C@@H](O)[C@H](O)C[C@H](O)C[C@]4(O)C[C@H](O)[C@@H](C(=O)O)C(C3)O4)O[C@H](C)[C@H]2O)cc1[N+](=O)[O-]. The number of carbonyl (C=O) groups excluding carboxylic acids is 3. The molecule has 30 nitrogen and oxygen atoms in total. The van der Waals surface area contributed by atoms with E-state index in [1.165, 1.54) is 25.1 Å². The Balaban J connectivity index is 1.35. The van der Waals surface area contributed by atoms with Crippen molar-refractivity contribution in [2.75, 3.05) is 6.61 Å². The van der Waals surface area contributed by atoms with Gasteiger partial charge in [0, 0.05) is 50.5 Å². The number of cyclic esters (lactones) is 1. The fraction of sp³-hybridized carbons (Fsp3) is 0.619. The second-order valence-electron chi connectivity index (χ2n) is 23.8. The number of aliphatic hydroxyl groups excluding tert-OH is 12. The Morgan fingerprint density at radius 1 is 0.677 bits per heavy atom. The molecule has 16 N–H and O–H groups in total. The van der Waals surface area contributed by atoms with E-state index in [4.69, 9.17) is 33.2 Å². The van der Waals surface area contributed by atoms with Crippen LogP contribution >= 0.6 is 0 Å². The van der Waals surface area contributed by atoms with Crippen LogP contribution in [-0.2, 0) is 49.4 Å². The highest BCUT2D eigenvalue weighted by molar-refractivity contribution is 5.73. The highest BCUT2D eigenvalue weighted by Gasteiger charge is 2.52. The Labute approximate surface area is 537 Å². The summed E-state index contributed by atoms with van der Waals surface area (Å²) in [5, 5.41) is 169. The zero-order chi connectivity index (χ0) is 68.9. The minimum absolute atomic E-state index is 0.00949. The van der Waals surface area contributed by atoms with Gasteiger partial charge in [0.25, 0.3) is 0 Å². The average molecular weight is 1320 g/mol. The molecule has 1 aromatic carbocycles. The summed E-state index contributed by atoms with van der Waals surface area (Å²) in [6.45, 7) is 6.15. The molecule has 30 heteroatoms. The maximum Gasteiger partial charge on any atom is 0.407 e. The largest absolute Gasteiger partial charge is 0.481 e. The van der Waals surface area contributed by atoms with Crippen molar-refractivity contribution in [2.24, 2.45) is 17.8 Å². The quantitative estimate of drug-likeness (QED) is 0.0782. The number of nitro benzene ring substituents is 1. The third-order valence-electron chi connectivity index (χ3n) is 16.3. The van der Waals surface area contributed by atoms with Gasteiger partial charge in [0.2, 0.25) is 12.2 Å². The van der Waals surface area contributed by atoms with Gasteiger partial charge in [-0.15, -0.1) is 0 Å². The van der Waals surface area contributed by atoms with Gasteiger partial charge in [-0.25, -0.2) is 4.79 Å². The molecule has 4 unspecified atom stereocenters. The van der Waals surface area contributed by atoms with Gasteiger partial charge in [-0.1, -0.05) is 105 Å². The molecule has 4 aliphatic rings. The molecule has 2 bridgehead atoms. The summed E-state index contributed by atoms with van der Waals surface area (Å²) in [5.74, 6) is -8.55. The second kappa shape index (κ2) is 37.0. The minimum atomic E-state index is -2.48. The van der Waals surface area contributed by atoms with Crippen molar-refractivity contribution < 1.29 is 129 Å². The summed E-state index contributed by atoms with van der Waals surface area (Å²) < 4.78 is 40.1. The Hall–Kier alpha value is -6.40. The molecule has 1 aromatic rings. The number of aliphatic hydroxyl groups is 13. The lowest BCUT2D eigenvalue weighted by atomic mass is 9.82. The molecule has 0 saturated carbocycles. The fourth-order valence-electron chi connectivity index (χ4n) is 11.0. The Kier molecular flexibility index (Phi) is 30.8. The number of nitrogens with zero attached hydrogens (tertiary/aromatic N) is 1. The van der Waals surface area contributed by atoms with Crippen LogP contribution in [0, 0.1) is 27.9 Å². The number of benzene rings is 1. The van der Waals surface area contributed by atoms with Gasteiger partial charge in [0.15, 0.2) is 17.8 Å².